The molecule has 162 valence electrons. The quantitative estimate of drug-likeness (QED) is 0.660. The third-order valence-corrected chi connectivity index (χ3v) is 4.88. The molecule has 2 atom stereocenters. The van der Waals surface area contributed by atoms with E-state index in [2.05, 4.69) is 16.0 Å². The molecule has 0 fully saturated rings. The van der Waals surface area contributed by atoms with Gasteiger partial charge in [0.2, 0.25) is 17.7 Å². The van der Waals surface area contributed by atoms with Gasteiger partial charge in [-0.25, -0.2) is 8.78 Å². The highest BCUT2D eigenvalue weighted by atomic mass is 19.1. The molecule has 0 aliphatic carbocycles. The molecule has 2 aromatic carbocycles. The molecule has 0 aromatic heterocycles. The molecule has 1 heterocycles. The van der Waals surface area contributed by atoms with Crippen LogP contribution in [0.1, 0.15) is 24.5 Å². The predicted molar refractivity (Wildman–Crippen MR) is 112 cm³/mol. The zero-order valence-electron chi connectivity index (χ0n) is 17.0. The summed E-state index contributed by atoms with van der Waals surface area (Å²) in [4.78, 5) is 37.1. The molecule has 0 radical (unpaired) electrons. The monoisotopic (exact) mass is 427 g/mol. The summed E-state index contributed by atoms with van der Waals surface area (Å²) in [6.45, 7) is 1.83. The number of carbonyl (C=O) groups excluding carboxylic acids is 3. The van der Waals surface area contributed by atoms with Crippen molar-refractivity contribution in [2.75, 3.05) is 6.54 Å². The molecule has 0 saturated carbocycles. The number of nitrogens with one attached hydrogen (secondary N) is 3. The van der Waals surface area contributed by atoms with Crippen LogP contribution in [0.2, 0.25) is 0 Å². The molecule has 1 aliphatic rings. The number of carbonyl (C=O) groups is 3. The van der Waals surface area contributed by atoms with Crippen LogP contribution >= 0.6 is 0 Å². The van der Waals surface area contributed by atoms with Gasteiger partial charge in [0, 0.05) is 19.0 Å². The fourth-order valence-electron chi connectivity index (χ4n) is 3.35. The first-order valence-corrected chi connectivity index (χ1v) is 9.88. The topological polar surface area (TPSA) is 87.3 Å². The van der Waals surface area contributed by atoms with E-state index in [0.717, 1.165) is 23.3 Å². The highest BCUT2D eigenvalue weighted by Crippen LogP contribution is 2.21. The first-order chi connectivity index (χ1) is 14.8. The summed E-state index contributed by atoms with van der Waals surface area (Å²) in [6.07, 6.45) is 1.94. The van der Waals surface area contributed by atoms with Crippen molar-refractivity contribution in [3.8, 4) is 0 Å². The first kappa shape index (κ1) is 22.1. The Kier molecular flexibility index (Phi) is 7.12. The summed E-state index contributed by atoms with van der Waals surface area (Å²) < 4.78 is 26.6. The fraction of sp³-hybridized carbons (Fsp3) is 0.261. The molecule has 31 heavy (non-hydrogen) atoms. The lowest BCUT2D eigenvalue weighted by molar-refractivity contribution is -0.131. The molecule has 6 nitrogen and oxygen atoms in total. The first-order valence-electron chi connectivity index (χ1n) is 9.88. The zero-order chi connectivity index (χ0) is 22.4. The van der Waals surface area contributed by atoms with E-state index in [4.69, 9.17) is 0 Å². The highest BCUT2D eigenvalue weighted by Gasteiger charge is 2.27. The van der Waals surface area contributed by atoms with Crippen LogP contribution in [-0.2, 0) is 20.8 Å². The second kappa shape index (κ2) is 9.97. The maximum absolute atomic E-state index is 13.3. The average Bonchev–Trinajstić information content (AvgIpc) is 2.89. The molecule has 1 aliphatic heterocycles. The van der Waals surface area contributed by atoms with Crippen molar-refractivity contribution >= 4 is 23.3 Å². The summed E-state index contributed by atoms with van der Waals surface area (Å²) >= 11 is 0. The van der Waals surface area contributed by atoms with Crippen molar-refractivity contribution in [3.05, 3.63) is 77.4 Å². The van der Waals surface area contributed by atoms with Crippen LogP contribution in [0.5, 0.6) is 0 Å². The number of benzene rings is 2. The van der Waals surface area contributed by atoms with Gasteiger partial charge < -0.3 is 16.0 Å². The van der Waals surface area contributed by atoms with Gasteiger partial charge in [0.15, 0.2) is 0 Å². The number of hydrogen-bond acceptors (Lipinski definition) is 3. The molecule has 0 spiro atoms. The van der Waals surface area contributed by atoms with E-state index in [1.165, 1.54) is 6.92 Å². The summed E-state index contributed by atoms with van der Waals surface area (Å²) in [5.74, 6) is -2.98. The molecule has 0 saturated heterocycles. The predicted octanol–water partition coefficient (Wildman–Crippen LogP) is 2.10. The Hall–Kier alpha value is -3.55. The van der Waals surface area contributed by atoms with E-state index in [9.17, 15) is 23.2 Å². The van der Waals surface area contributed by atoms with Crippen molar-refractivity contribution in [3.63, 3.8) is 0 Å². The van der Waals surface area contributed by atoms with E-state index in [0.29, 0.717) is 19.0 Å². The van der Waals surface area contributed by atoms with Crippen LogP contribution < -0.4 is 16.0 Å². The van der Waals surface area contributed by atoms with Crippen LogP contribution in [0.3, 0.4) is 0 Å². The lowest BCUT2D eigenvalue weighted by Gasteiger charge is -2.20. The minimum atomic E-state index is -0.939. The normalized spacial score (nSPS) is 17.1. The minimum Gasteiger partial charge on any atom is -0.351 e. The number of halogens is 2. The molecule has 0 bridgehead atoms. The third-order valence-electron chi connectivity index (χ3n) is 4.88. The van der Waals surface area contributed by atoms with E-state index in [1.807, 2.05) is 36.4 Å². The Morgan fingerprint density at radius 3 is 2.48 bits per heavy atom. The van der Waals surface area contributed by atoms with Gasteiger partial charge in [-0.2, -0.15) is 0 Å². The van der Waals surface area contributed by atoms with Crippen LogP contribution in [-0.4, -0.2) is 36.3 Å². The Morgan fingerprint density at radius 1 is 1.13 bits per heavy atom. The van der Waals surface area contributed by atoms with E-state index in [1.54, 1.807) is 0 Å². The van der Waals surface area contributed by atoms with Gasteiger partial charge in [0.1, 0.15) is 23.7 Å². The molecule has 3 amide bonds. The van der Waals surface area contributed by atoms with Crippen molar-refractivity contribution < 1.29 is 23.2 Å². The molecular weight excluding hydrogens is 404 g/mol. The number of amides is 3. The maximum Gasteiger partial charge on any atom is 0.243 e. The molecule has 2 aromatic rings. The van der Waals surface area contributed by atoms with Gasteiger partial charge >= 0.3 is 0 Å². The molecule has 0 unspecified atom stereocenters. The maximum atomic E-state index is 13.3. The summed E-state index contributed by atoms with van der Waals surface area (Å²) in [7, 11) is 0. The van der Waals surface area contributed by atoms with E-state index >= 15 is 0 Å². The second-order valence-electron chi connectivity index (χ2n) is 7.35. The standard InChI is InChI=1S/C23H23F2N3O3/c1-14(27-21(29)11-15-9-18(24)13-19(25)10-15)22(30)28-20-12-17(7-8-26-23(20)31)16-5-3-2-4-6-16/h2-7,9-10,13-14,20H,8,11-12H2,1H3,(H,26,31)(H,27,29)(H,28,30)/t14-,20-/m0/s1. The van der Waals surface area contributed by atoms with Gasteiger partial charge in [-0.1, -0.05) is 36.4 Å². The Morgan fingerprint density at radius 2 is 1.81 bits per heavy atom. The van der Waals surface area contributed by atoms with Gasteiger partial charge in [0.05, 0.1) is 6.42 Å². The number of hydrogen-bond donors (Lipinski definition) is 3. The minimum absolute atomic E-state index is 0.156. The summed E-state index contributed by atoms with van der Waals surface area (Å²) in [5, 5.41) is 7.89. The SMILES string of the molecule is C[C@H](NC(=O)Cc1cc(F)cc(F)c1)C(=O)N[C@H]1CC(c2ccccc2)=CCNC1=O. The summed E-state index contributed by atoms with van der Waals surface area (Å²) in [5.41, 5.74) is 2.04. The van der Waals surface area contributed by atoms with Gasteiger partial charge in [-0.05, 0) is 35.8 Å². The molecule has 8 heteroatoms. The van der Waals surface area contributed by atoms with Crippen LogP contribution in [0, 0.1) is 11.6 Å². The van der Waals surface area contributed by atoms with Gasteiger partial charge in [-0.15, -0.1) is 0 Å². The fourth-order valence-corrected chi connectivity index (χ4v) is 3.35. The Balaban J connectivity index is 1.59. The van der Waals surface area contributed by atoms with Gasteiger partial charge in [-0.3, -0.25) is 14.4 Å². The molecule has 3 N–H and O–H groups in total. The van der Waals surface area contributed by atoms with Crippen molar-refractivity contribution in [1.82, 2.24) is 16.0 Å². The lowest BCUT2D eigenvalue weighted by Crippen LogP contribution is -2.52. The Labute approximate surface area is 178 Å². The largest absolute Gasteiger partial charge is 0.351 e. The number of rotatable bonds is 6. The molecular formula is C23H23F2N3O3. The van der Waals surface area contributed by atoms with Crippen LogP contribution in [0.25, 0.3) is 5.57 Å². The van der Waals surface area contributed by atoms with Gasteiger partial charge in [0.25, 0.3) is 0 Å². The summed E-state index contributed by atoms with van der Waals surface area (Å²) in [6, 6.07) is 10.6. The van der Waals surface area contributed by atoms with Crippen molar-refractivity contribution in [2.24, 2.45) is 0 Å². The third kappa shape index (κ3) is 6.21. The Bertz CT molecular complexity index is 988. The van der Waals surface area contributed by atoms with Crippen LogP contribution in [0.4, 0.5) is 8.78 Å². The lowest BCUT2D eigenvalue weighted by atomic mass is 9.98. The van der Waals surface area contributed by atoms with E-state index < -0.39 is 35.5 Å². The van der Waals surface area contributed by atoms with Crippen molar-refractivity contribution in [2.45, 2.75) is 31.8 Å². The average molecular weight is 427 g/mol. The second-order valence-corrected chi connectivity index (χ2v) is 7.35. The van der Waals surface area contributed by atoms with E-state index in [-0.39, 0.29) is 17.9 Å². The highest BCUT2D eigenvalue weighted by molar-refractivity contribution is 5.93. The zero-order valence-corrected chi connectivity index (χ0v) is 17.0. The van der Waals surface area contributed by atoms with Crippen LogP contribution in [0.15, 0.2) is 54.6 Å². The van der Waals surface area contributed by atoms with Crippen molar-refractivity contribution in [1.29, 1.82) is 0 Å². The smallest absolute Gasteiger partial charge is 0.243 e. The molecule has 3 rings (SSSR count).